The van der Waals surface area contributed by atoms with Gasteiger partial charge in [-0.15, -0.1) is 0 Å². The second kappa shape index (κ2) is 7.17. The number of carbonyl (C=O) groups is 1. The van der Waals surface area contributed by atoms with Gasteiger partial charge in [-0.3, -0.25) is 9.78 Å². The molecule has 0 aliphatic carbocycles. The van der Waals surface area contributed by atoms with E-state index in [9.17, 15) is 4.79 Å². The molecule has 3 heteroatoms. The Morgan fingerprint density at radius 1 is 1.41 bits per heavy atom. The van der Waals surface area contributed by atoms with E-state index >= 15 is 0 Å². The van der Waals surface area contributed by atoms with Gasteiger partial charge in [0.25, 0.3) is 0 Å². The molecule has 94 valence electrons. The smallest absolute Gasteiger partial charge is 0.141 e. The third kappa shape index (κ3) is 4.65. The van der Waals surface area contributed by atoms with E-state index in [2.05, 4.69) is 9.88 Å². The van der Waals surface area contributed by atoms with Crippen LogP contribution in [-0.4, -0.2) is 36.3 Å². The molecule has 1 aromatic rings. The number of aromatic nitrogens is 1. The maximum absolute atomic E-state index is 12.1. The molecule has 0 aliphatic rings. The Morgan fingerprint density at radius 2 is 2.18 bits per heavy atom. The highest BCUT2D eigenvalue weighted by Crippen LogP contribution is 2.20. The van der Waals surface area contributed by atoms with Crippen molar-refractivity contribution in [3.8, 4) is 0 Å². The van der Waals surface area contributed by atoms with Gasteiger partial charge >= 0.3 is 0 Å². The molecule has 0 amide bonds. The van der Waals surface area contributed by atoms with E-state index < -0.39 is 0 Å². The van der Waals surface area contributed by atoms with Crippen LogP contribution in [0.15, 0.2) is 24.4 Å². The van der Waals surface area contributed by atoms with Crippen LogP contribution < -0.4 is 0 Å². The molecule has 0 unspecified atom stereocenters. The highest BCUT2D eigenvalue weighted by atomic mass is 16.1. The van der Waals surface area contributed by atoms with Crippen molar-refractivity contribution in [2.75, 3.05) is 20.6 Å². The largest absolute Gasteiger partial charge is 0.309 e. The third-order valence-corrected chi connectivity index (χ3v) is 2.79. The Hall–Kier alpha value is -1.22. The van der Waals surface area contributed by atoms with E-state index in [4.69, 9.17) is 0 Å². The first-order valence-electron chi connectivity index (χ1n) is 6.23. The number of ketones is 1. The van der Waals surface area contributed by atoms with Crippen LogP contribution in [0.2, 0.25) is 0 Å². The van der Waals surface area contributed by atoms with Crippen molar-refractivity contribution in [2.24, 2.45) is 0 Å². The van der Waals surface area contributed by atoms with E-state index in [0.29, 0.717) is 12.2 Å². The van der Waals surface area contributed by atoms with Crippen molar-refractivity contribution in [1.82, 2.24) is 9.88 Å². The molecule has 0 fully saturated rings. The van der Waals surface area contributed by atoms with Crippen LogP contribution in [0.1, 0.15) is 37.8 Å². The molecule has 1 rings (SSSR count). The van der Waals surface area contributed by atoms with E-state index in [1.165, 1.54) is 0 Å². The highest BCUT2D eigenvalue weighted by Gasteiger charge is 2.20. The Bertz CT molecular complexity index is 335. The Balaban J connectivity index is 2.75. The van der Waals surface area contributed by atoms with Gasteiger partial charge in [-0.1, -0.05) is 13.0 Å². The summed E-state index contributed by atoms with van der Waals surface area (Å²) in [6.45, 7) is 2.95. The number of Topliss-reactive ketones (excluding diaryl/α,β-unsaturated/α-hetero) is 1. The number of hydrogen-bond acceptors (Lipinski definition) is 3. The lowest BCUT2D eigenvalue weighted by atomic mass is 9.93. The summed E-state index contributed by atoms with van der Waals surface area (Å²) in [5.74, 6) is 0.270. The molecule has 0 aliphatic heterocycles. The maximum Gasteiger partial charge on any atom is 0.141 e. The van der Waals surface area contributed by atoms with Crippen LogP contribution in [0.25, 0.3) is 0 Å². The van der Waals surface area contributed by atoms with Gasteiger partial charge < -0.3 is 4.90 Å². The molecule has 3 nitrogen and oxygen atoms in total. The van der Waals surface area contributed by atoms with Crippen molar-refractivity contribution in [1.29, 1.82) is 0 Å². The van der Waals surface area contributed by atoms with Gasteiger partial charge in [-0.25, -0.2) is 0 Å². The van der Waals surface area contributed by atoms with Crippen LogP contribution in [0.3, 0.4) is 0 Å². The van der Waals surface area contributed by atoms with Crippen LogP contribution in [-0.2, 0) is 4.79 Å². The molecule has 0 saturated heterocycles. The predicted octanol–water partition coefficient (Wildman–Crippen LogP) is 2.49. The van der Waals surface area contributed by atoms with Gasteiger partial charge in [0.2, 0.25) is 0 Å². The van der Waals surface area contributed by atoms with Crippen molar-refractivity contribution >= 4 is 5.78 Å². The molecule has 0 bridgehead atoms. The van der Waals surface area contributed by atoms with E-state index in [1.54, 1.807) is 6.20 Å². The van der Waals surface area contributed by atoms with Crippen LogP contribution >= 0.6 is 0 Å². The van der Waals surface area contributed by atoms with E-state index in [0.717, 1.165) is 25.1 Å². The number of nitrogens with zero attached hydrogens (tertiary/aromatic N) is 2. The van der Waals surface area contributed by atoms with Gasteiger partial charge in [-0.2, -0.15) is 0 Å². The quantitative estimate of drug-likeness (QED) is 0.726. The van der Waals surface area contributed by atoms with Crippen molar-refractivity contribution < 1.29 is 4.79 Å². The molecule has 0 saturated carbocycles. The predicted molar refractivity (Wildman–Crippen MR) is 70.1 cm³/mol. The maximum atomic E-state index is 12.1. The lowest BCUT2D eigenvalue weighted by Gasteiger charge is -2.17. The summed E-state index contributed by atoms with van der Waals surface area (Å²) in [7, 11) is 4.06. The molecule has 1 heterocycles. The zero-order valence-electron chi connectivity index (χ0n) is 11.0. The van der Waals surface area contributed by atoms with Gasteiger partial charge in [0.05, 0.1) is 11.6 Å². The minimum atomic E-state index is -0.0430. The molecule has 0 radical (unpaired) electrons. The SMILES string of the molecule is CCCC(=O)[C@H](CCN(C)C)c1ccccn1. The number of hydrogen-bond donors (Lipinski definition) is 0. The van der Waals surface area contributed by atoms with Crippen LogP contribution in [0.4, 0.5) is 0 Å². The first kappa shape index (κ1) is 13.8. The summed E-state index contributed by atoms with van der Waals surface area (Å²) in [5, 5.41) is 0. The number of rotatable bonds is 7. The van der Waals surface area contributed by atoms with Gasteiger partial charge in [0, 0.05) is 12.6 Å². The third-order valence-electron chi connectivity index (χ3n) is 2.79. The Labute approximate surface area is 104 Å². The average Bonchev–Trinajstić information content (AvgIpc) is 2.30. The van der Waals surface area contributed by atoms with E-state index in [-0.39, 0.29) is 5.92 Å². The normalized spacial score (nSPS) is 12.7. The molecule has 17 heavy (non-hydrogen) atoms. The number of pyridine rings is 1. The van der Waals surface area contributed by atoms with Crippen molar-refractivity contribution in [3.63, 3.8) is 0 Å². The molecule has 1 atom stereocenters. The zero-order chi connectivity index (χ0) is 12.7. The highest BCUT2D eigenvalue weighted by molar-refractivity contribution is 5.85. The summed E-state index contributed by atoms with van der Waals surface area (Å²) in [4.78, 5) is 18.5. The molecular weight excluding hydrogens is 212 g/mol. The first-order valence-corrected chi connectivity index (χ1v) is 6.23. The summed E-state index contributed by atoms with van der Waals surface area (Å²) < 4.78 is 0. The molecule has 0 spiro atoms. The second-order valence-electron chi connectivity index (χ2n) is 4.62. The Morgan fingerprint density at radius 3 is 2.71 bits per heavy atom. The summed E-state index contributed by atoms with van der Waals surface area (Å²) in [5.41, 5.74) is 0.910. The first-order chi connectivity index (χ1) is 8.15. The summed E-state index contributed by atoms with van der Waals surface area (Å²) in [6, 6.07) is 5.79. The summed E-state index contributed by atoms with van der Waals surface area (Å²) >= 11 is 0. The number of carbonyl (C=O) groups excluding carboxylic acids is 1. The Kier molecular flexibility index (Phi) is 5.84. The zero-order valence-corrected chi connectivity index (χ0v) is 11.0. The minimum absolute atomic E-state index is 0.0430. The van der Waals surface area contributed by atoms with E-state index in [1.807, 2.05) is 39.2 Å². The fourth-order valence-corrected chi connectivity index (χ4v) is 1.86. The van der Waals surface area contributed by atoms with Crippen LogP contribution in [0, 0.1) is 0 Å². The lowest BCUT2D eigenvalue weighted by Crippen LogP contribution is -2.21. The fraction of sp³-hybridized carbons (Fsp3) is 0.571. The average molecular weight is 234 g/mol. The fourth-order valence-electron chi connectivity index (χ4n) is 1.86. The van der Waals surface area contributed by atoms with Crippen LogP contribution in [0.5, 0.6) is 0 Å². The van der Waals surface area contributed by atoms with Gasteiger partial charge in [0.1, 0.15) is 5.78 Å². The topological polar surface area (TPSA) is 33.2 Å². The molecule has 0 N–H and O–H groups in total. The molecule has 1 aromatic heterocycles. The molecule has 0 aromatic carbocycles. The van der Waals surface area contributed by atoms with Crippen molar-refractivity contribution in [3.05, 3.63) is 30.1 Å². The standard InChI is InChI=1S/C14H22N2O/c1-4-7-14(17)12(9-11-16(2)3)13-8-5-6-10-15-13/h5-6,8,10,12H,4,7,9,11H2,1-3H3/t12-/m1/s1. The van der Waals surface area contributed by atoms with Gasteiger partial charge in [0.15, 0.2) is 0 Å². The molecular formula is C14H22N2O. The lowest BCUT2D eigenvalue weighted by molar-refractivity contribution is -0.120. The van der Waals surface area contributed by atoms with Gasteiger partial charge in [-0.05, 0) is 45.6 Å². The monoisotopic (exact) mass is 234 g/mol. The van der Waals surface area contributed by atoms with Crippen molar-refractivity contribution in [2.45, 2.75) is 32.1 Å². The summed E-state index contributed by atoms with van der Waals surface area (Å²) in [6.07, 6.45) is 4.17. The second-order valence-corrected chi connectivity index (χ2v) is 4.62. The minimum Gasteiger partial charge on any atom is -0.309 e.